The molecule has 0 N–H and O–H groups in total. The topological polar surface area (TPSA) is 29.4 Å². The summed E-state index contributed by atoms with van der Waals surface area (Å²) < 4.78 is 0. The molecule has 1 aliphatic rings. The molecule has 1 saturated carbocycles. The minimum atomic E-state index is 0.112. The molecule has 2 unspecified atom stereocenters. The molecule has 0 aromatic rings. The van der Waals surface area contributed by atoms with Crippen molar-refractivity contribution < 1.29 is 0 Å². The molecule has 1 aliphatic carbocycles. The van der Waals surface area contributed by atoms with Crippen LogP contribution in [0.15, 0.2) is 17.3 Å². The molecule has 1 fully saturated rings. The molecule has 98 valence electrons. The normalized spacial score (nSPS) is 30.4. The van der Waals surface area contributed by atoms with Crippen LogP contribution < -0.4 is 0 Å². The van der Waals surface area contributed by atoms with Gasteiger partial charge >= 0.3 is 0 Å². The van der Waals surface area contributed by atoms with Crippen molar-refractivity contribution in [1.82, 2.24) is 0 Å². The molecule has 2 atom stereocenters. The van der Waals surface area contributed by atoms with Crippen LogP contribution in [0, 0.1) is 16.2 Å². The number of allylic oxidation sites excluding steroid dienone is 2. The maximum absolute atomic E-state index is 10.6. The highest BCUT2D eigenvalue weighted by molar-refractivity contribution is 4.99. The minimum Gasteiger partial charge on any atom is -0.151 e. The van der Waals surface area contributed by atoms with Crippen LogP contribution in [-0.2, 0) is 0 Å². The molecule has 2 heteroatoms. The first-order valence-electron chi connectivity index (χ1n) is 7.18. The van der Waals surface area contributed by atoms with Gasteiger partial charge in [0.15, 0.2) is 0 Å². The Morgan fingerprint density at radius 1 is 1.35 bits per heavy atom. The zero-order valence-corrected chi connectivity index (χ0v) is 11.5. The lowest BCUT2D eigenvalue weighted by atomic mass is 9.73. The lowest BCUT2D eigenvalue weighted by Crippen LogP contribution is -2.28. The van der Waals surface area contributed by atoms with Crippen LogP contribution in [0.4, 0.5) is 0 Å². The Morgan fingerprint density at radius 3 is 2.88 bits per heavy atom. The van der Waals surface area contributed by atoms with Gasteiger partial charge in [-0.1, -0.05) is 63.3 Å². The maximum atomic E-state index is 10.6. The van der Waals surface area contributed by atoms with E-state index < -0.39 is 0 Å². The standard InChI is InChI=1S/C15H27NO/c1-3-4-5-7-10-14-11-8-6-9-12-15(14,2)13-16-17/h7,10,14H,3-6,8-9,11-13H2,1-2H3/b10-7+. The first-order valence-corrected chi connectivity index (χ1v) is 7.18. The zero-order valence-electron chi connectivity index (χ0n) is 11.5. The van der Waals surface area contributed by atoms with Crippen molar-refractivity contribution in [3.63, 3.8) is 0 Å². The number of hydrogen-bond donors (Lipinski definition) is 0. The van der Waals surface area contributed by atoms with E-state index in [4.69, 9.17) is 0 Å². The zero-order chi connectivity index (χ0) is 12.6. The molecule has 0 bridgehead atoms. The first kappa shape index (κ1) is 14.4. The average Bonchev–Trinajstić information content (AvgIpc) is 2.48. The number of nitrogens with zero attached hydrogens (tertiary/aromatic N) is 1. The summed E-state index contributed by atoms with van der Waals surface area (Å²) in [6, 6.07) is 0. The molecule has 0 radical (unpaired) electrons. The lowest BCUT2D eigenvalue weighted by Gasteiger charge is -2.32. The molecule has 2 nitrogen and oxygen atoms in total. The summed E-state index contributed by atoms with van der Waals surface area (Å²) in [5.74, 6) is 0.555. The van der Waals surface area contributed by atoms with Crippen LogP contribution in [0.25, 0.3) is 0 Å². The van der Waals surface area contributed by atoms with Crippen molar-refractivity contribution >= 4 is 0 Å². The Balaban J connectivity index is 2.61. The lowest BCUT2D eigenvalue weighted by molar-refractivity contribution is 0.221. The van der Waals surface area contributed by atoms with E-state index in [1.807, 2.05) is 0 Å². The second kappa shape index (κ2) is 7.62. The highest BCUT2D eigenvalue weighted by Gasteiger charge is 2.33. The van der Waals surface area contributed by atoms with E-state index >= 15 is 0 Å². The summed E-state index contributed by atoms with van der Waals surface area (Å²) >= 11 is 0. The van der Waals surface area contributed by atoms with Gasteiger partial charge in [0.05, 0.1) is 6.54 Å². The van der Waals surface area contributed by atoms with E-state index in [0.29, 0.717) is 12.5 Å². The average molecular weight is 237 g/mol. The fourth-order valence-electron chi connectivity index (χ4n) is 2.86. The largest absolute Gasteiger partial charge is 0.151 e. The molecule has 0 aromatic carbocycles. The molecule has 1 rings (SSSR count). The van der Waals surface area contributed by atoms with Gasteiger partial charge < -0.3 is 0 Å². The molecule has 0 aromatic heterocycles. The smallest absolute Gasteiger partial charge is 0.0870 e. The van der Waals surface area contributed by atoms with E-state index in [9.17, 15) is 4.91 Å². The third kappa shape index (κ3) is 4.61. The van der Waals surface area contributed by atoms with Crippen molar-refractivity contribution in [2.75, 3.05) is 6.54 Å². The molecule has 0 saturated heterocycles. The molecule has 17 heavy (non-hydrogen) atoms. The number of rotatable bonds is 6. The van der Waals surface area contributed by atoms with Gasteiger partial charge in [-0.3, -0.25) is 0 Å². The first-order chi connectivity index (χ1) is 8.23. The van der Waals surface area contributed by atoms with Gasteiger partial charge in [-0.15, -0.1) is 0 Å². The molecule has 0 spiro atoms. The molecule has 0 heterocycles. The summed E-state index contributed by atoms with van der Waals surface area (Å²) in [5, 5.41) is 3.18. The summed E-state index contributed by atoms with van der Waals surface area (Å²) in [5.41, 5.74) is 0.112. The van der Waals surface area contributed by atoms with Gasteiger partial charge in [0, 0.05) is 0 Å². The quantitative estimate of drug-likeness (QED) is 0.274. The Bertz CT molecular complexity index is 249. The van der Waals surface area contributed by atoms with Gasteiger partial charge in [-0.2, -0.15) is 4.91 Å². The fourth-order valence-corrected chi connectivity index (χ4v) is 2.86. The Morgan fingerprint density at radius 2 is 2.18 bits per heavy atom. The van der Waals surface area contributed by atoms with Crippen LogP contribution in [-0.4, -0.2) is 6.54 Å². The minimum absolute atomic E-state index is 0.112. The van der Waals surface area contributed by atoms with E-state index in [2.05, 4.69) is 31.2 Å². The summed E-state index contributed by atoms with van der Waals surface area (Å²) in [4.78, 5) is 10.6. The van der Waals surface area contributed by atoms with E-state index in [0.717, 1.165) is 6.42 Å². The van der Waals surface area contributed by atoms with Crippen LogP contribution in [0.5, 0.6) is 0 Å². The van der Waals surface area contributed by atoms with Crippen molar-refractivity contribution in [2.45, 2.75) is 65.2 Å². The van der Waals surface area contributed by atoms with Gasteiger partial charge in [0.1, 0.15) is 0 Å². The van der Waals surface area contributed by atoms with Crippen LogP contribution >= 0.6 is 0 Å². The molecular formula is C15H27NO. The SMILES string of the molecule is CCCC/C=C/C1CCCCCC1(C)CN=O. The monoisotopic (exact) mass is 237 g/mol. The van der Waals surface area contributed by atoms with Crippen molar-refractivity contribution in [1.29, 1.82) is 0 Å². The van der Waals surface area contributed by atoms with E-state index in [1.54, 1.807) is 0 Å². The van der Waals surface area contributed by atoms with Gasteiger partial charge in [-0.25, -0.2) is 0 Å². The predicted octanol–water partition coefficient (Wildman–Crippen LogP) is 5.09. The molecule has 0 amide bonds. The third-order valence-corrected chi connectivity index (χ3v) is 4.18. The Labute approximate surface area is 106 Å². The highest BCUT2D eigenvalue weighted by atomic mass is 16.3. The predicted molar refractivity (Wildman–Crippen MR) is 74.0 cm³/mol. The van der Waals surface area contributed by atoms with E-state index in [-0.39, 0.29) is 5.41 Å². The van der Waals surface area contributed by atoms with Gasteiger partial charge in [-0.05, 0) is 30.6 Å². The van der Waals surface area contributed by atoms with Gasteiger partial charge in [0.2, 0.25) is 0 Å². The Kier molecular flexibility index (Phi) is 6.46. The molecular weight excluding hydrogens is 210 g/mol. The van der Waals surface area contributed by atoms with Crippen LogP contribution in [0.1, 0.15) is 65.2 Å². The summed E-state index contributed by atoms with van der Waals surface area (Å²) in [6.07, 6.45) is 14.6. The summed E-state index contributed by atoms with van der Waals surface area (Å²) in [6.45, 7) is 4.95. The summed E-state index contributed by atoms with van der Waals surface area (Å²) in [7, 11) is 0. The third-order valence-electron chi connectivity index (χ3n) is 4.18. The number of unbranched alkanes of at least 4 members (excludes halogenated alkanes) is 2. The fraction of sp³-hybridized carbons (Fsp3) is 0.867. The number of hydrogen-bond acceptors (Lipinski definition) is 2. The maximum Gasteiger partial charge on any atom is 0.0870 e. The van der Waals surface area contributed by atoms with Crippen LogP contribution in [0.2, 0.25) is 0 Å². The second-order valence-corrected chi connectivity index (χ2v) is 5.72. The second-order valence-electron chi connectivity index (χ2n) is 5.72. The molecule has 0 aliphatic heterocycles. The highest BCUT2D eigenvalue weighted by Crippen LogP contribution is 2.40. The number of nitroso groups, excluding NO2 is 1. The van der Waals surface area contributed by atoms with Crippen molar-refractivity contribution in [3.8, 4) is 0 Å². The Hall–Kier alpha value is -0.660. The van der Waals surface area contributed by atoms with Gasteiger partial charge in [0.25, 0.3) is 0 Å². The van der Waals surface area contributed by atoms with Crippen molar-refractivity contribution in [2.24, 2.45) is 16.5 Å². The van der Waals surface area contributed by atoms with E-state index in [1.165, 1.54) is 44.9 Å². The van der Waals surface area contributed by atoms with Crippen LogP contribution in [0.3, 0.4) is 0 Å². The van der Waals surface area contributed by atoms with Crippen molar-refractivity contribution in [3.05, 3.63) is 17.1 Å².